The number of tetrazole rings is 1. The second-order valence-electron chi connectivity index (χ2n) is 6.11. The molecule has 0 bridgehead atoms. The minimum absolute atomic E-state index is 0.250. The van der Waals surface area contributed by atoms with Crippen molar-refractivity contribution in [3.63, 3.8) is 0 Å². The van der Waals surface area contributed by atoms with E-state index in [0.29, 0.717) is 12.6 Å². The van der Waals surface area contributed by atoms with Gasteiger partial charge in [0.2, 0.25) is 6.79 Å². The molecular formula is C16H17N5O3. The maximum Gasteiger partial charge on any atom is 0.231 e. The second kappa shape index (κ2) is 5.57. The average molecular weight is 327 g/mol. The van der Waals surface area contributed by atoms with Crippen LogP contribution < -0.4 is 14.8 Å². The highest BCUT2D eigenvalue weighted by atomic mass is 16.7. The minimum atomic E-state index is 0.250. The fraction of sp³-hybridized carbons (Fsp3) is 0.438. The Bertz CT molecular complexity index is 903. The first-order chi connectivity index (χ1) is 11.9. The lowest BCUT2D eigenvalue weighted by Gasteiger charge is -2.12. The highest BCUT2D eigenvalue weighted by Crippen LogP contribution is 2.36. The third-order valence-corrected chi connectivity index (χ3v) is 4.55. The molecule has 2 aliphatic heterocycles. The van der Waals surface area contributed by atoms with E-state index in [1.807, 2.05) is 12.1 Å². The van der Waals surface area contributed by atoms with Gasteiger partial charge in [-0.1, -0.05) is 0 Å². The molecule has 0 saturated carbocycles. The van der Waals surface area contributed by atoms with Crippen molar-refractivity contribution in [2.75, 3.05) is 19.9 Å². The maximum absolute atomic E-state index is 5.65. The predicted molar refractivity (Wildman–Crippen MR) is 85.1 cm³/mol. The highest BCUT2D eigenvalue weighted by Gasteiger charge is 2.19. The van der Waals surface area contributed by atoms with E-state index in [0.717, 1.165) is 59.6 Å². The van der Waals surface area contributed by atoms with E-state index in [4.69, 9.17) is 14.2 Å². The monoisotopic (exact) mass is 327 g/mol. The molecular weight excluding hydrogens is 310 g/mol. The molecule has 1 atom stereocenters. The van der Waals surface area contributed by atoms with Crippen LogP contribution in [0.1, 0.15) is 18.4 Å². The van der Waals surface area contributed by atoms with Gasteiger partial charge in [-0.3, -0.25) is 0 Å². The zero-order valence-corrected chi connectivity index (χ0v) is 13.1. The summed E-state index contributed by atoms with van der Waals surface area (Å²) in [4.78, 5) is 0. The molecule has 1 saturated heterocycles. The Hall–Kier alpha value is -2.45. The van der Waals surface area contributed by atoms with Crippen molar-refractivity contribution in [3.8, 4) is 11.5 Å². The van der Waals surface area contributed by atoms with Gasteiger partial charge in [-0.15, -0.1) is 5.10 Å². The van der Waals surface area contributed by atoms with Crippen molar-refractivity contribution in [3.05, 3.63) is 23.8 Å². The lowest BCUT2D eigenvalue weighted by molar-refractivity contribution is 0.110. The summed E-state index contributed by atoms with van der Waals surface area (Å²) in [5.74, 6) is 1.48. The highest BCUT2D eigenvalue weighted by molar-refractivity contribution is 5.86. The van der Waals surface area contributed by atoms with Gasteiger partial charge in [0.1, 0.15) is 0 Å². The van der Waals surface area contributed by atoms with Crippen molar-refractivity contribution in [2.24, 2.45) is 0 Å². The molecule has 2 aliphatic rings. The van der Waals surface area contributed by atoms with Gasteiger partial charge in [0.25, 0.3) is 0 Å². The number of benzene rings is 1. The van der Waals surface area contributed by atoms with Gasteiger partial charge in [0, 0.05) is 36.7 Å². The van der Waals surface area contributed by atoms with Crippen molar-refractivity contribution >= 4 is 16.6 Å². The molecule has 0 radical (unpaired) electrons. The van der Waals surface area contributed by atoms with Crippen molar-refractivity contribution < 1.29 is 14.2 Å². The summed E-state index contributed by atoms with van der Waals surface area (Å²) in [5.41, 5.74) is 2.70. The molecule has 124 valence electrons. The van der Waals surface area contributed by atoms with E-state index in [1.165, 1.54) is 0 Å². The summed E-state index contributed by atoms with van der Waals surface area (Å²) in [6.45, 7) is 2.65. The normalized spacial score (nSPS) is 19.6. The van der Waals surface area contributed by atoms with Crippen LogP contribution in [0.5, 0.6) is 11.5 Å². The number of rotatable bonds is 4. The van der Waals surface area contributed by atoms with Crippen LogP contribution in [-0.4, -0.2) is 46.1 Å². The number of fused-ring (bicyclic) bond motifs is 4. The van der Waals surface area contributed by atoms with Crippen LogP contribution in [0.2, 0.25) is 0 Å². The zero-order valence-electron chi connectivity index (χ0n) is 13.1. The van der Waals surface area contributed by atoms with E-state index < -0.39 is 0 Å². The Balaban J connectivity index is 1.50. The van der Waals surface area contributed by atoms with Gasteiger partial charge < -0.3 is 19.5 Å². The number of nitrogens with zero attached hydrogens (tertiary/aromatic N) is 4. The third kappa shape index (κ3) is 2.26. The molecule has 0 spiro atoms. The van der Waals surface area contributed by atoms with Crippen LogP contribution in [0.4, 0.5) is 0 Å². The first-order valence-electron chi connectivity index (χ1n) is 8.14. The fourth-order valence-electron chi connectivity index (χ4n) is 3.35. The molecule has 0 aliphatic carbocycles. The van der Waals surface area contributed by atoms with Crippen molar-refractivity contribution in [2.45, 2.75) is 25.5 Å². The van der Waals surface area contributed by atoms with E-state index in [9.17, 15) is 0 Å². The predicted octanol–water partition coefficient (Wildman–Crippen LogP) is 1.27. The molecule has 0 unspecified atom stereocenters. The summed E-state index contributed by atoms with van der Waals surface area (Å²) in [6.07, 6.45) is 2.58. The summed E-state index contributed by atoms with van der Waals surface area (Å²) < 4.78 is 18.3. The summed E-state index contributed by atoms with van der Waals surface area (Å²) in [5, 5.41) is 16.6. The van der Waals surface area contributed by atoms with Gasteiger partial charge in [0.05, 0.1) is 11.6 Å². The molecule has 24 heavy (non-hydrogen) atoms. The number of aromatic nitrogens is 4. The Labute approximate surface area is 137 Å². The molecule has 3 aromatic rings. The van der Waals surface area contributed by atoms with E-state index in [1.54, 1.807) is 4.52 Å². The van der Waals surface area contributed by atoms with E-state index >= 15 is 0 Å². The molecule has 8 nitrogen and oxygen atoms in total. The number of ether oxygens (including phenoxy) is 3. The molecule has 2 aromatic heterocycles. The number of hydrogen-bond acceptors (Lipinski definition) is 7. The van der Waals surface area contributed by atoms with Gasteiger partial charge in [-0.2, -0.15) is 4.52 Å². The fourth-order valence-corrected chi connectivity index (χ4v) is 3.35. The molecule has 4 heterocycles. The Morgan fingerprint density at radius 3 is 3.00 bits per heavy atom. The second-order valence-corrected chi connectivity index (χ2v) is 6.11. The Morgan fingerprint density at radius 1 is 1.21 bits per heavy atom. The maximum atomic E-state index is 5.65. The number of nitrogens with one attached hydrogen (secondary N) is 1. The zero-order chi connectivity index (χ0) is 15.9. The third-order valence-electron chi connectivity index (χ3n) is 4.55. The van der Waals surface area contributed by atoms with Crippen LogP contribution in [0, 0.1) is 0 Å². The standard InChI is InChI=1S/C16H17N5O3/c1-2-12(22-3-1)8-17-7-11-4-10-5-14-15(24-9-23-14)6-13(10)21-16(11)18-19-20-21/h4-6,12,17H,1-3,7-9H2/t12-/m1/s1. The molecule has 1 fully saturated rings. The largest absolute Gasteiger partial charge is 0.454 e. The van der Waals surface area contributed by atoms with Crippen LogP contribution in [0.15, 0.2) is 18.2 Å². The minimum Gasteiger partial charge on any atom is -0.454 e. The summed E-state index contributed by atoms with van der Waals surface area (Å²) >= 11 is 0. The van der Waals surface area contributed by atoms with Crippen molar-refractivity contribution in [1.82, 2.24) is 25.4 Å². The Morgan fingerprint density at radius 2 is 2.12 bits per heavy atom. The van der Waals surface area contributed by atoms with Gasteiger partial charge >= 0.3 is 0 Å². The average Bonchev–Trinajstić information content (AvgIpc) is 3.33. The SMILES string of the molecule is c1c2c(cc3c1cc(CNC[C@H]1CCCO1)c1nnnn13)OCO2. The smallest absolute Gasteiger partial charge is 0.231 e. The molecule has 0 amide bonds. The van der Waals surface area contributed by atoms with Crippen LogP contribution >= 0.6 is 0 Å². The van der Waals surface area contributed by atoms with Gasteiger partial charge in [-0.05, 0) is 35.4 Å². The van der Waals surface area contributed by atoms with Crippen LogP contribution in [-0.2, 0) is 11.3 Å². The van der Waals surface area contributed by atoms with Crippen LogP contribution in [0.25, 0.3) is 16.6 Å². The first kappa shape index (κ1) is 13.9. The van der Waals surface area contributed by atoms with E-state index in [2.05, 4.69) is 26.9 Å². The lowest BCUT2D eigenvalue weighted by atomic mass is 10.1. The summed E-state index contributed by atoms with van der Waals surface area (Å²) in [7, 11) is 0. The van der Waals surface area contributed by atoms with Gasteiger partial charge in [0.15, 0.2) is 17.1 Å². The van der Waals surface area contributed by atoms with E-state index in [-0.39, 0.29) is 6.79 Å². The summed E-state index contributed by atoms with van der Waals surface area (Å²) in [6, 6.07) is 6.00. The molecule has 1 aromatic carbocycles. The van der Waals surface area contributed by atoms with Crippen molar-refractivity contribution in [1.29, 1.82) is 0 Å². The van der Waals surface area contributed by atoms with Crippen LogP contribution in [0.3, 0.4) is 0 Å². The molecule has 5 rings (SSSR count). The number of hydrogen-bond donors (Lipinski definition) is 1. The first-order valence-corrected chi connectivity index (χ1v) is 8.14. The topological polar surface area (TPSA) is 82.8 Å². The van der Waals surface area contributed by atoms with Gasteiger partial charge in [-0.25, -0.2) is 0 Å². The molecule has 1 N–H and O–H groups in total. The molecule has 8 heteroatoms. The number of pyridine rings is 1. The lowest BCUT2D eigenvalue weighted by Crippen LogP contribution is -2.26. The Kier molecular flexibility index (Phi) is 3.24. The quantitative estimate of drug-likeness (QED) is 0.773.